The van der Waals surface area contributed by atoms with Gasteiger partial charge in [0.2, 0.25) is 0 Å². The van der Waals surface area contributed by atoms with Gasteiger partial charge < -0.3 is 10.3 Å². The number of hydrogen-bond acceptors (Lipinski definition) is 1. The van der Waals surface area contributed by atoms with Crippen LogP contribution in [0, 0.1) is 0 Å². The van der Waals surface area contributed by atoms with E-state index in [0.717, 1.165) is 25.9 Å². The van der Waals surface area contributed by atoms with Gasteiger partial charge in [-0.15, -0.1) is 12.4 Å². The lowest BCUT2D eigenvalue weighted by atomic mass is 10.1. The Balaban J connectivity index is 0.000000963. The number of fused-ring (bicyclic) bond motifs is 3. The lowest BCUT2D eigenvalue weighted by molar-refractivity contribution is 0.708. The smallest absolute Gasteiger partial charge is 0.0470 e. The average Bonchev–Trinajstić information content (AvgIpc) is 2.43. The molecule has 1 aromatic carbocycles. The minimum absolute atomic E-state index is 0. The lowest BCUT2D eigenvalue weighted by Gasteiger charge is -2.00. The number of benzene rings is 1. The zero-order valence-corrected chi connectivity index (χ0v) is 11.2. The minimum atomic E-state index is 0. The Bertz CT molecular complexity index is 507. The predicted octanol–water partition coefficient (Wildman–Crippen LogP) is 3.04. The van der Waals surface area contributed by atoms with Gasteiger partial charge in [-0.3, -0.25) is 0 Å². The molecule has 0 unspecified atom stereocenters. The summed E-state index contributed by atoms with van der Waals surface area (Å²) in [4.78, 5) is 3.53. The number of nitrogens with one attached hydrogen (secondary N) is 2. The van der Waals surface area contributed by atoms with Gasteiger partial charge in [-0.1, -0.05) is 22.0 Å². The Labute approximate surface area is 109 Å². The molecule has 1 aliphatic rings. The van der Waals surface area contributed by atoms with Crippen LogP contribution in [-0.2, 0) is 12.8 Å². The molecule has 2 N–H and O–H groups in total. The molecular weight excluding hydrogens is 288 g/mol. The molecule has 0 radical (unpaired) electrons. The first-order valence-electron chi connectivity index (χ1n) is 5.35. The number of aromatic amines is 1. The summed E-state index contributed by atoms with van der Waals surface area (Å²) in [6.07, 6.45) is 2.23. The maximum absolute atomic E-state index is 3.64. The molecule has 2 nitrogen and oxygen atoms in total. The highest BCUT2D eigenvalue weighted by atomic mass is 79.9. The highest BCUT2D eigenvalue weighted by molar-refractivity contribution is 9.10. The van der Waals surface area contributed by atoms with Crippen LogP contribution in [0.3, 0.4) is 0 Å². The minimum Gasteiger partial charge on any atom is -0.358 e. The summed E-state index contributed by atoms with van der Waals surface area (Å²) >= 11 is 3.64. The van der Waals surface area contributed by atoms with Crippen molar-refractivity contribution >= 4 is 39.2 Å². The zero-order valence-electron chi connectivity index (χ0n) is 8.85. The molecule has 0 spiro atoms. The van der Waals surface area contributed by atoms with Gasteiger partial charge in [0.1, 0.15) is 0 Å². The van der Waals surface area contributed by atoms with E-state index < -0.39 is 0 Å². The van der Waals surface area contributed by atoms with Crippen LogP contribution in [0.5, 0.6) is 0 Å². The molecule has 0 fully saturated rings. The highest BCUT2D eigenvalue weighted by Gasteiger charge is 2.15. The van der Waals surface area contributed by atoms with Crippen molar-refractivity contribution in [1.82, 2.24) is 10.3 Å². The van der Waals surface area contributed by atoms with Crippen LogP contribution in [0.2, 0.25) is 0 Å². The van der Waals surface area contributed by atoms with Crippen LogP contribution in [0.1, 0.15) is 11.3 Å². The molecule has 16 heavy (non-hydrogen) atoms. The molecule has 4 heteroatoms. The Kier molecular flexibility index (Phi) is 3.57. The van der Waals surface area contributed by atoms with Crippen molar-refractivity contribution in [3.05, 3.63) is 33.9 Å². The van der Waals surface area contributed by atoms with Crippen molar-refractivity contribution < 1.29 is 0 Å². The summed E-state index contributed by atoms with van der Waals surface area (Å²) in [5.74, 6) is 0. The maximum atomic E-state index is 3.64. The number of halogens is 2. The van der Waals surface area contributed by atoms with Crippen LogP contribution in [-0.4, -0.2) is 18.1 Å². The standard InChI is InChI=1S/C12H13BrN2.ClH/c13-9-2-1-3-11-12(9)8-4-6-14-7-5-10(8)15-11;/h1-3,14-15H,4-7H2;1H. The van der Waals surface area contributed by atoms with Crippen LogP contribution in [0.25, 0.3) is 10.9 Å². The maximum Gasteiger partial charge on any atom is 0.0470 e. The van der Waals surface area contributed by atoms with Crippen molar-refractivity contribution in [1.29, 1.82) is 0 Å². The summed E-state index contributed by atoms with van der Waals surface area (Å²) in [5, 5.41) is 4.80. The molecule has 0 saturated carbocycles. The highest BCUT2D eigenvalue weighted by Crippen LogP contribution is 2.30. The van der Waals surface area contributed by atoms with Gasteiger partial charge in [0.05, 0.1) is 0 Å². The van der Waals surface area contributed by atoms with E-state index in [1.54, 1.807) is 0 Å². The second-order valence-electron chi connectivity index (χ2n) is 3.99. The first-order valence-corrected chi connectivity index (χ1v) is 6.14. The molecule has 1 aromatic heterocycles. The molecule has 0 aliphatic carbocycles. The fraction of sp³-hybridized carbons (Fsp3) is 0.333. The average molecular weight is 302 g/mol. The summed E-state index contributed by atoms with van der Waals surface area (Å²) in [7, 11) is 0. The summed E-state index contributed by atoms with van der Waals surface area (Å²) in [5.41, 5.74) is 4.15. The molecular formula is C12H14BrClN2. The Morgan fingerprint density at radius 3 is 2.81 bits per heavy atom. The van der Waals surface area contributed by atoms with Crippen LogP contribution >= 0.6 is 28.3 Å². The fourth-order valence-electron chi connectivity index (χ4n) is 2.36. The fourth-order valence-corrected chi connectivity index (χ4v) is 2.97. The molecule has 0 saturated heterocycles. The molecule has 2 heterocycles. The van der Waals surface area contributed by atoms with E-state index in [2.05, 4.69) is 44.4 Å². The van der Waals surface area contributed by atoms with E-state index in [0.29, 0.717) is 0 Å². The number of hydrogen-bond donors (Lipinski definition) is 2. The lowest BCUT2D eigenvalue weighted by Crippen LogP contribution is -2.16. The number of H-pyrrole nitrogens is 1. The van der Waals surface area contributed by atoms with Crippen molar-refractivity contribution in [2.45, 2.75) is 12.8 Å². The van der Waals surface area contributed by atoms with E-state index in [1.807, 2.05) is 0 Å². The van der Waals surface area contributed by atoms with Gasteiger partial charge in [0, 0.05) is 34.0 Å². The van der Waals surface area contributed by atoms with E-state index >= 15 is 0 Å². The SMILES string of the molecule is Brc1cccc2[nH]c3c(c12)CCNCC3.Cl. The van der Waals surface area contributed by atoms with E-state index in [4.69, 9.17) is 0 Å². The van der Waals surface area contributed by atoms with Gasteiger partial charge in [-0.05, 0) is 30.7 Å². The Hall–Kier alpha value is -0.510. The van der Waals surface area contributed by atoms with Gasteiger partial charge in [0.25, 0.3) is 0 Å². The van der Waals surface area contributed by atoms with Gasteiger partial charge in [-0.25, -0.2) is 0 Å². The second kappa shape index (κ2) is 4.78. The third-order valence-electron chi connectivity index (χ3n) is 3.07. The first kappa shape index (κ1) is 12.0. The van der Waals surface area contributed by atoms with Gasteiger partial charge in [-0.2, -0.15) is 0 Å². The van der Waals surface area contributed by atoms with Crippen LogP contribution < -0.4 is 5.32 Å². The monoisotopic (exact) mass is 300 g/mol. The van der Waals surface area contributed by atoms with Crippen LogP contribution in [0.15, 0.2) is 22.7 Å². The molecule has 1 aliphatic heterocycles. The summed E-state index contributed by atoms with van der Waals surface area (Å²) in [6.45, 7) is 2.17. The van der Waals surface area contributed by atoms with Crippen molar-refractivity contribution in [3.63, 3.8) is 0 Å². The third-order valence-corrected chi connectivity index (χ3v) is 3.73. The molecule has 0 bridgehead atoms. The van der Waals surface area contributed by atoms with Crippen molar-refractivity contribution in [3.8, 4) is 0 Å². The zero-order chi connectivity index (χ0) is 10.3. The van der Waals surface area contributed by atoms with E-state index in [1.165, 1.54) is 26.6 Å². The van der Waals surface area contributed by atoms with Crippen LogP contribution in [0.4, 0.5) is 0 Å². The third kappa shape index (κ3) is 1.88. The summed E-state index contributed by atoms with van der Waals surface area (Å²) < 4.78 is 1.21. The van der Waals surface area contributed by atoms with Crippen molar-refractivity contribution in [2.24, 2.45) is 0 Å². The van der Waals surface area contributed by atoms with Crippen molar-refractivity contribution in [2.75, 3.05) is 13.1 Å². The Morgan fingerprint density at radius 2 is 1.94 bits per heavy atom. The second-order valence-corrected chi connectivity index (χ2v) is 4.85. The van der Waals surface area contributed by atoms with Gasteiger partial charge >= 0.3 is 0 Å². The quantitative estimate of drug-likeness (QED) is 0.769. The normalized spacial score (nSPS) is 15.3. The topological polar surface area (TPSA) is 27.8 Å². The first-order chi connectivity index (χ1) is 7.36. The number of rotatable bonds is 0. The molecule has 2 aromatic rings. The molecule has 0 amide bonds. The predicted molar refractivity (Wildman–Crippen MR) is 73.5 cm³/mol. The van der Waals surface area contributed by atoms with E-state index in [9.17, 15) is 0 Å². The molecule has 3 rings (SSSR count). The van der Waals surface area contributed by atoms with Gasteiger partial charge in [0.15, 0.2) is 0 Å². The largest absolute Gasteiger partial charge is 0.358 e. The number of aromatic nitrogens is 1. The van der Waals surface area contributed by atoms with E-state index in [-0.39, 0.29) is 12.4 Å². The Morgan fingerprint density at radius 1 is 1.12 bits per heavy atom. The molecule has 0 atom stereocenters. The molecule has 86 valence electrons. The summed E-state index contributed by atoms with van der Waals surface area (Å²) in [6, 6.07) is 6.36.